The summed E-state index contributed by atoms with van der Waals surface area (Å²) in [5.74, 6) is 0.541. The molecule has 0 spiro atoms. The number of H-pyrrole nitrogens is 1. The van der Waals surface area contributed by atoms with E-state index in [0.717, 1.165) is 30.7 Å². The number of alkyl halides is 2. The number of aromatic amines is 1. The van der Waals surface area contributed by atoms with Crippen molar-refractivity contribution >= 4 is 23.7 Å². The second-order valence-electron chi connectivity index (χ2n) is 7.50. The number of anilines is 2. The number of rotatable bonds is 5. The van der Waals surface area contributed by atoms with Crippen LogP contribution in [0, 0.1) is 0 Å². The number of aromatic nitrogens is 5. The van der Waals surface area contributed by atoms with Gasteiger partial charge in [-0.25, -0.2) is 0 Å². The first-order valence-electron chi connectivity index (χ1n) is 9.58. The molecular weight excluding hydrogens is 471 g/mol. The van der Waals surface area contributed by atoms with Gasteiger partial charge in [0.2, 0.25) is 0 Å². The standard InChI is InChI=1S/C18H22IN8O/c20-15(28)11-9-21-17(22-10-4-2-1-3-5-10)23-16(11)24-18-7-6-13-14(26-27-25-13)12(8-18)19-18/h6-7,9-10,12H,1-5,8H2,(H2,20,28)(H,25,26,27)(H2,21,22,23,24)/q-1. The summed E-state index contributed by atoms with van der Waals surface area (Å²) in [6.07, 6.45) is 12.6. The van der Waals surface area contributed by atoms with E-state index in [4.69, 9.17) is 5.73 Å². The van der Waals surface area contributed by atoms with Gasteiger partial charge in [-0.1, -0.05) is 0 Å². The van der Waals surface area contributed by atoms with Crippen LogP contribution in [0.1, 0.15) is 64.2 Å². The van der Waals surface area contributed by atoms with Gasteiger partial charge in [-0.05, 0) is 0 Å². The average molecular weight is 493 g/mol. The van der Waals surface area contributed by atoms with Gasteiger partial charge in [0.1, 0.15) is 0 Å². The summed E-state index contributed by atoms with van der Waals surface area (Å²) >= 11 is -0.267. The first kappa shape index (κ1) is 17.8. The van der Waals surface area contributed by atoms with Crippen LogP contribution < -0.4 is 37.6 Å². The van der Waals surface area contributed by atoms with Crippen molar-refractivity contribution in [3.05, 3.63) is 29.2 Å². The minimum absolute atomic E-state index is 0.167. The van der Waals surface area contributed by atoms with E-state index in [1.807, 2.05) is 6.08 Å². The molecule has 0 aromatic carbocycles. The molecule has 10 heteroatoms. The maximum absolute atomic E-state index is 11.9. The zero-order chi connectivity index (χ0) is 19.1. The second-order valence-corrected chi connectivity index (χ2v) is 11.5. The van der Waals surface area contributed by atoms with E-state index >= 15 is 0 Å². The Morgan fingerprint density at radius 3 is 2.89 bits per heavy atom. The van der Waals surface area contributed by atoms with Crippen molar-refractivity contribution in [2.45, 2.75) is 52.0 Å². The van der Waals surface area contributed by atoms with E-state index in [2.05, 4.69) is 42.1 Å². The molecule has 2 aromatic rings. The number of nitrogens with zero attached hydrogens (tertiary/aromatic N) is 4. The minimum atomic E-state index is -0.524. The summed E-state index contributed by atoms with van der Waals surface area (Å²) in [7, 11) is 0. The zero-order valence-corrected chi connectivity index (χ0v) is 17.4. The molecule has 1 saturated carbocycles. The quantitative estimate of drug-likeness (QED) is 0.234. The van der Waals surface area contributed by atoms with E-state index < -0.39 is 5.91 Å². The molecule has 2 aliphatic heterocycles. The van der Waals surface area contributed by atoms with Gasteiger partial charge in [-0.15, -0.1) is 0 Å². The zero-order valence-electron chi connectivity index (χ0n) is 15.3. The van der Waals surface area contributed by atoms with E-state index in [0.29, 0.717) is 27.3 Å². The summed E-state index contributed by atoms with van der Waals surface area (Å²) in [6.45, 7) is 0. The van der Waals surface area contributed by atoms with Gasteiger partial charge in [0.05, 0.1) is 0 Å². The van der Waals surface area contributed by atoms with Gasteiger partial charge in [0, 0.05) is 0 Å². The Kier molecular flexibility index (Phi) is 4.44. The van der Waals surface area contributed by atoms with Crippen LogP contribution in [0.5, 0.6) is 0 Å². The number of halogens is 1. The molecule has 2 aromatic heterocycles. The third-order valence-electron chi connectivity index (χ3n) is 5.53. The van der Waals surface area contributed by atoms with Crippen molar-refractivity contribution in [3.8, 4) is 0 Å². The molecule has 0 radical (unpaired) electrons. The Hall–Kier alpha value is -2.24. The summed E-state index contributed by atoms with van der Waals surface area (Å²) in [5.41, 5.74) is 7.86. The first-order valence-corrected chi connectivity index (χ1v) is 11.9. The summed E-state index contributed by atoms with van der Waals surface area (Å²) in [6, 6.07) is 0.389. The van der Waals surface area contributed by atoms with E-state index in [9.17, 15) is 4.79 Å². The van der Waals surface area contributed by atoms with Crippen LogP contribution >= 0.6 is 0 Å². The maximum atomic E-state index is 11.9. The van der Waals surface area contributed by atoms with Crippen LogP contribution in [-0.4, -0.2) is 40.9 Å². The summed E-state index contributed by atoms with van der Waals surface area (Å²) in [5, 5.41) is 18.2. The van der Waals surface area contributed by atoms with Crippen molar-refractivity contribution in [1.29, 1.82) is 0 Å². The number of amides is 1. The molecule has 4 aliphatic rings. The topological polar surface area (TPSA) is 134 Å². The van der Waals surface area contributed by atoms with Crippen LogP contribution in [0.3, 0.4) is 0 Å². The predicted octanol–water partition coefficient (Wildman–Crippen LogP) is -1.19. The van der Waals surface area contributed by atoms with Crippen molar-refractivity contribution < 1.29 is 26.0 Å². The Balaban J connectivity index is 1.40. The van der Waals surface area contributed by atoms with Gasteiger partial charge in [0.25, 0.3) is 0 Å². The van der Waals surface area contributed by atoms with Crippen LogP contribution in [0.2, 0.25) is 0 Å². The van der Waals surface area contributed by atoms with Crippen molar-refractivity contribution in [2.24, 2.45) is 5.73 Å². The van der Waals surface area contributed by atoms with Crippen molar-refractivity contribution in [1.82, 2.24) is 25.4 Å². The second kappa shape index (κ2) is 6.98. The Labute approximate surface area is 172 Å². The van der Waals surface area contributed by atoms with Crippen LogP contribution in [0.15, 0.2) is 12.3 Å². The van der Waals surface area contributed by atoms with Crippen LogP contribution in [0.4, 0.5) is 11.8 Å². The van der Waals surface area contributed by atoms with E-state index in [-0.39, 0.29) is 24.8 Å². The number of nitrogens with one attached hydrogen (secondary N) is 3. The molecule has 9 nitrogen and oxygen atoms in total. The van der Waals surface area contributed by atoms with Crippen molar-refractivity contribution in [2.75, 3.05) is 10.6 Å². The van der Waals surface area contributed by atoms with Crippen LogP contribution in [0.25, 0.3) is 6.08 Å². The first-order chi connectivity index (χ1) is 13.6. The predicted molar refractivity (Wildman–Crippen MR) is 100 cm³/mol. The number of hydrogen-bond donors (Lipinski definition) is 4. The third kappa shape index (κ3) is 3.23. The summed E-state index contributed by atoms with van der Waals surface area (Å²) < 4.78 is 0.285. The third-order valence-corrected chi connectivity index (χ3v) is 9.49. The molecule has 148 valence electrons. The fourth-order valence-electron chi connectivity index (χ4n) is 4.03. The number of primary amides is 1. The SMILES string of the molecule is NC(=O)c1cnc(NC2CCCCC2)nc1NC12C=Cc3n[nH]nc3C(C1)[I-]2. The molecule has 2 unspecified atom stereocenters. The molecule has 2 aliphatic carbocycles. The molecule has 4 heterocycles. The average Bonchev–Trinajstić information content (AvgIpc) is 3.02. The van der Waals surface area contributed by atoms with Gasteiger partial charge < -0.3 is 0 Å². The molecule has 2 atom stereocenters. The molecular formula is C18H22IN8O-. The monoisotopic (exact) mass is 493 g/mol. The number of hydrogen-bond acceptors (Lipinski definition) is 7. The van der Waals surface area contributed by atoms with E-state index in [1.165, 1.54) is 25.5 Å². The Morgan fingerprint density at radius 2 is 2.11 bits per heavy atom. The molecule has 1 saturated heterocycles. The van der Waals surface area contributed by atoms with Gasteiger partial charge in [-0.3, -0.25) is 0 Å². The fraction of sp³-hybridized carbons (Fsp3) is 0.500. The van der Waals surface area contributed by atoms with E-state index in [1.54, 1.807) is 0 Å². The van der Waals surface area contributed by atoms with Crippen LogP contribution in [-0.2, 0) is 0 Å². The van der Waals surface area contributed by atoms with Gasteiger partial charge >= 0.3 is 173 Å². The Morgan fingerprint density at radius 1 is 1.29 bits per heavy atom. The van der Waals surface area contributed by atoms with Gasteiger partial charge in [0.15, 0.2) is 0 Å². The van der Waals surface area contributed by atoms with Gasteiger partial charge in [-0.2, -0.15) is 0 Å². The molecule has 2 fully saturated rings. The fourth-order valence-corrected chi connectivity index (χ4v) is 7.74. The van der Waals surface area contributed by atoms with Crippen molar-refractivity contribution in [3.63, 3.8) is 0 Å². The molecule has 6 rings (SSSR count). The number of carbonyl (C=O) groups excluding carboxylic acids is 1. The Bertz CT molecular complexity index is 929. The molecule has 5 N–H and O–H groups in total. The number of carbonyl (C=O) groups is 1. The molecule has 2 bridgehead atoms. The summed E-state index contributed by atoms with van der Waals surface area (Å²) in [4.78, 5) is 20.9. The normalized spacial score (nSPS) is 26.4. The molecule has 28 heavy (non-hydrogen) atoms. The number of nitrogens with two attached hydrogens (primary N) is 1. The molecule has 1 amide bonds.